The maximum Gasteiger partial charge on any atom is 0.131 e. The van der Waals surface area contributed by atoms with Crippen molar-refractivity contribution in [2.24, 2.45) is 0 Å². The fourth-order valence-corrected chi connectivity index (χ4v) is 3.27. The normalized spacial score (nSPS) is 16.0. The Bertz CT molecular complexity index is 747. The summed E-state index contributed by atoms with van der Waals surface area (Å²) in [5, 5.41) is 0. The van der Waals surface area contributed by atoms with Gasteiger partial charge < -0.3 is 4.90 Å². The van der Waals surface area contributed by atoms with E-state index in [1.807, 2.05) is 23.1 Å². The van der Waals surface area contributed by atoms with Gasteiger partial charge in [0.2, 0.25) is 0 Å². The summed E-state index contributed by atoms with van der Waals surface area (Å²) in [6, 6.07) is 9.91. The van der Waals surface area contributed by atoms with Crippen LogP contribution >= 0.6 is 15.9 Å². The Morgan fingerprint density at radius 2 is 1.77 bits per heavy atom. The molecule has 2 aromatic rings. The van der Waals surface area contributed by atoms with Gasteiger partial charge in [-0.25, -0.2) is 8.78 Å². The third-order valence-corrected chi connectivity index (χ3v) is 4.84. The summed E-state index contributed by atoms with van der Waals surface area (Å²) in [6.45, 7) is 8.42. The highest BCUT2D eigenvalue weighted by atomic mass is 79.9. The van der Waals surface area contributed by atoms with E-state index in [2.05, 4.69) is 36.4 Å². The smallest absolute Gasteiger partial charge is 0.131 e. The summed E-state index contributed by atoms with van der Waals surface area (Å²) < 4.78 is 28.9. The van der Waals surface area contributed by atoms with Crippen LogP contribution in [0.5, 0.6) is 0 Å². The predicted octanol–water partition coefficient (Wildman–Crippen LogP) is 5.54. The van der Waals surface area contributed by atoms with Crippen molar-refractivity contribution in [1.82, 2.24) is 0 Å². The zero-order chi connectivity index (χ0) is 16.1. The van der Waals surface area contributed by atoms with Gasteiger partial charge in [-0.05, 0) is 29.8 Å². The molecule has 4 heteroatoms. The van der Waals surface area contributed by atoms with Gasteiger partial charge in [-0.15, -0.1) is 0 Å². The predicted molar refractivity (Wildman–Crippen MR) is 88.8 cm³/mol. The zero-order valence-electron chi connectivity index (χ0n) is 12.5. The Balaban J connectivity index is 2.09. The summed E-state index contributed by atoms with van der Waals surface area (Å²) in [5.41, 5.74) is 2.68. The molecule has 0 aromatic heterocycles. The lowest BCUT2D eigenvalue weighted by molar-refractivity contribution is 0.550. The van der Waals surface area contributed by atoms with Gasteiger partial charge in [0.1, 0.15) is 11.6 Å². The van der Waals surface area contributed by atoms with E-state index >= 15 is 0 Å². The molecule has 0 bridgehead atoms. The molecule has 0 atom stereocenters. The molecule has 0 unspecified atom stereocenters. The van der Waals surface area contributed by atoms with Crippen molar-refractivity contribution in [3.05, 3.63) is 75.9 Å². The summed E-state index contributed by atoms with van der Waals surface area (Å²) in [5.74, 6) is -1.07. The van der Waals surface area contributed by atoms with Crippen LogP contribution in [0.15, 0.2) is 53.1 Å². The van der Waals surface area contributed by atoms with E-state index in [0.717, 1.165) is 21.4 Å². The van der Waals surface area contributed by atoms with Crippen molar-refractivity contribution in [2.45, 2.75) is 25.8 Å². The van der Waals surface area contributed by atoms with E-state index in [9.17, 15) is 8.78 Å². The van der Waals surface area contributed by atoms with Crippen LogP contribution in [0.1, 0.15) is 25.0 Å². The third-order valence-electron chi connectivity index (χ3n) is 4.35. The average Bonchev–Trinajstić information content (AvgIpc) is 2.63. The molecule has 114 valence electrons. The molecule has 1 nitrogen and oxygen atoms in total. The van der Waals surface area contributed by atoms with E-state index in [1.54, 1.807) is 0 Å². The van der Waals surface area contributed by atoms with Gasteiger partial charge in [0.05, 0.1) is 6.54 Å². The number of allylic oxidation sites excluding steroid dienone is 1. The third kappa shape index (κ3) is 2.26. The fraction of sp³-hybridized carbons (Fsp3) is 0.222. The van der Waals surface area contributed by atoms with Gasteiger partial charge in [0.15, 0.2) is 0 Å². The minimum Gasteiger partial charge on any atom is -0.340 e. The molecule has 0 radical (unpaired) electrons. The molecule has 0 amide bonds. The number of nitrogens with zero attached hydrogens (tertiary/aromatic N) is 1. The highest BCUT2D eigenvalue weighted by Crippen LogP contribution is 2.48. The van der Waals surface area contributed by atoms with E-state index in [-0.39, 0.29) is 17.5 Å². The lowest BCUT2D eigenvalue weighted by Crippen LogP contribution is -2.25. The summed E-state index contributed by atoms with van der Waals surface area (Å²) in [7, 11) is 0. The summed E-state index contributed by atoms with van der Waals surface area (Å²) in [6.07, 6.45) is 0. The van der Waals surface area contributed by atoms with Gasteiger partial charge >= 0.3 is 0 Å². The summed E-state index contributed by atoms with van der Waals surface area (Å²) >= 11 is 3.46. The first-order valence-corrected chi connectivity index (χ1v) is 7.81. The van der Waals surface area contributed by atoms with Crippen molar-refractivity contribution in [3.8, 4) is 0 Å². The van der Waals surface area contributed by atoms with Gasteiger partial charge in [-0.2, -0.15) is 0 Å². The van der Waals surface area contributed by atoms with Crippen molar-refractivity contribution < 1.29 is 8.78 Å². The van der Waals surface area contributed by atoms with E-state index in [0.29, 0.717) is 0 Å². The molecular formula is C18H16BrF2N. The second-order valence-electron chi connectivity index (χ2n) is 6.02. The number of halogens is 3. The molecular weight excluding hydrogens is 348 g/mol. The Morgan fingerprint density at radius 3 is 2.41 bits per heavy atom. The minimum absolute atomic E-state index is 0.0623. The van der Waals surface area contributed by atoms with Gasteiger partial charge in [0.25, 0.3) is 0 Å². The zero-order valence-corrected chi connectivity index (χ0v) is 14.0. The monoisotopic (exact) mass is 363 g/mol. The van der Waals surface area contributed by atoms with Crippen LogP contribution in [-0.2, 0) is 12.0 Å². The maximum atomic E-state index is 14.0. The summed E-state index contributed by atoms with van der Waals surface area (Å²) in [4.78, 5) is 1.89. The van der Waals surface area contributed by atoms with E-state index in [1.165, 1.54) is 18.2 Å². The average molecular weight is 364 g/mol. The largest absolute Gasteiger partial charge is 0.340 e. The first-order chi connectivity index (χ1) is 10.3. The van der Waals surface area contributed by atoms with Crippen LogP contribution in [0, 0.1) is 11.6 Å². The van der Waals surface area contributed by atoms with E-state index in [4.69, 9.17) is 0 Å². The second-order valence-corrected chi connectivity index (χ2v) is 6.94. The molecule has 1 aliphatic rings. The van der Waals surface area contributed by atoms with Crippen LogP contribution in [-0.4, -0.2) is 0 Å². The lowest BCUT2D eigenvalue weighted by atomic mass is 9.84. The first-order valence-electron chi connectivity index (χ1n) is 7.02. The molecule has 1 heterocycles. The molecule has 0 spiro atoms. The molecule has 2 aromatic carbocycles. The van der Waals surface area contributed by atoms with Crippen LogP contribution in [0.2, 0.25) is 0 Å². The first kappa shape index (κ1) is 15.2. The lowest BCUT2D eigenvalue weighted by Gasteiger charge is -2.26. The highest BCUT2D eigenvalue weighted by molar-refractivity contribution is 9.10. The molecule has 0 aliphatic carbocycles. The number of fused-ring (bicyclic) bond motifs is 1. The molecule has 0 saturated carbocycles. The molecule has 3 rings (SSSR count). The van der Waals surface area contributed by atoms with Gasteiger partial charge in [0, 0.05) is 26.8 Å². The van der Waals surface area contributed by atoms with Crippen molar-refractivity contribution in [2.75, 3.05) is 4.90 Å². The van der Waals surface area contributed by atoms with Crippen molar-refractivity contribution in [1.29, 1.82) is 0 Å². The number of benzene rings is 2. The maximum absolute atomic E-state index is 14.0. The highest BCUT2D eigenvalue weighted by Gasteiger charge is 2.39. The number of hydrogen-bond donors (Lipinski definition) is 0. The van der Waals surface area contributed by atoms with Crippen LogP contribution in [0.25, 0.3) is 0 Å². The quantitative estimate of drug-likeness (QED) is 0.676. The number of hydrogen-bond acceptors (Lipinski definition) is 1. The van der Waals surface area contributed by atoms with Gasteiger partial charge in [-0.3, -0.25) is 0 Å². The van der Waals surface area contributed by atoms with Gasteiger partial charge in [-0.1, -0.05) is 48.5 Å². The standard InChI is InChI=1S/C18H16BrF2N/c1-11-18(2,3)14-8-7-12(19)9-17(14)22(11)10-13-15(20)5-4-6-16(13)21/h4-9H,1,10H2,2-3H3. The Morgan fingerprint density at radius 1 is 1.14 bits per heavy atom. The Hall–Kier alpha value is -1.68. The molecule has 0 N–H and O–H groups in total. The number of anilines is 1. The fourth-order valence-electron chi connectivity index (χ4n) is 2.92. The van der Waals surface area contributed by atoms with E-state index < -0.39 is 11.6 Å². The Kier molecular flexibility index (Phi) is 3.60. The van der Waals surface area contributed by atoms with Crippen LogP contribution in [0.4, 0.5) is 14.5 Å². The van der Waals surface area contributed by atoms with Crippen molar-refractivity contribution >= 4 is 21.6 Å². The topological polar surface area (TPSA) is 3.24 Å². The SMILES string of the molecule is C=C1N(Cc2c(F)cccc2F)c2cc(Br)ccc2C1(C)C. The Labute approximate surface area is 137 Å². The van der Waals surface area contributed by atoms with Crippen molar-refractivity contribution in [3.63, 3.8) is 0 Å². The van der Waals surface area contributed by atoms with Crippen LogP contribution in [0.3, 0.4) is 0 Å². The molecule has 22 heavy (non-hydrogen) atoms. The molecule has 0 saturated heterocycles. The second kappa shape index (κ2) is 5.20. The van der Waals surface area contributed by atoms with Crippen LogP contribution < -0.4 is 4.90 Å². The minimum atomic E-state index is -0.533. The molecule has 1 aliphatic heterocycles. The number of rotatable bonds is 2. The molecule has 0 fully saturated rings.